The topological polar surface area (TPSA) is 93.7 Å². The van der Waals surface area contributed by atoms with Gasteiger partial charge in [-0.2, -0.15) is 0 Å². The fraction of sp³-hybridized carbons (Fsp3) is 0.412. The third kappa shape index (κ3) is 4.77. The Morgan fingerprint density at radius 3 is 2.85 bits per heavy atom. The molecule has 26 heavy (non-hydrogen) atoms. The highest BCUT2D eigenvalue weighted by atomic mass is 32.1. The molecule has 0 aromatic carbocycles. The molecule has 0 radical (unpaired) electrons. The standard InChI is InChI=1S/C17H20N4O4S/c1-2-25-15(22)9-13-11-26-17(19-13)20-16(23)12-3-4-14(18-10-12)21-5-7-24-8-6-21/h3-4,10-11H,2,5-9H2,1H3,(H,19,20,23). The van der Waals surface area contributed by atoms with Crippen molar-refractivity contribution in [2.75, 3.05) is 43.1 Å². The van der Waals surface area contributed by atoms with Gasteiger partial charge in [-0.25, -0.2) is 9.97 Å². The van der Waals surface area contributed by atoms with E-state index >= 15 is 0 Å². The Bertz CT molecular complexity index is 756. The lowest BCUT2D eigenvalue weighted by Gasteiger charge is -2.27. The van der Waals surface area contributed by atoms with Crippen molar-refractivity contribution in [1.82, 2.24) is 9.97 Å². The van der Waals surface area contributed by atoms with Gasteiger partial charge in [-0.05, 0) is 19.1 Å². The van der Waals surface area contributed by atoms with Gasteiger partial charge >= 0.3 is 5.97 Å². The quantitative estimate of drug-likeness (QED) is 0.768. The van der Waals surface area contributed by atoms with Gasteiger partial charge in [0.05, 0.1) is 37.5 Å². The van der Waals surface area contributed by atoms with E-state index < -0.39 is 0 Å². The molecule has 0 spiro atoms. The molecule has 0 unspecified atom stereocenters. The molecule has 0 saturated carbocycles. The first kappa shape index (κ1) is 18.3. The summed E-state index contributed by atoms with van der Waals surface area (Å²) >= 11 is 1.27. The number of hydrogen-bond acceptors (Lipinski definition) is 8. The molecule has 1 amide bonds. The molecule has 8 nitrogen and oxygen atoms in total. The van der Waals surface area contributed by atoms with Crippen molar-refractivity contribution in [2.45, 2.75) is 13.3 Å². The second-order valence-corrected chi connectivity index (χ2v) is 6.44. The van der Waals surface area contributed by atoms with Crippen LogP contribution in [-0.2, 0) is 20.7 Å². The van der Waals surface area contributed by atoms with E-state index in [0.717, 1.165) is 18.9 Å². The third-order valence-corrected chi connectivity index (χ3v) is 4.55. The number of pyridine rings is 1. The number of hydrogen-bond donors (Lipinski definition) is 1. The molecule has 1 aliphatic rings. The van der Waals surface area contributed by atoms with E-state index in [4.69, 9.17) is 9.47 Å². The van der Waals surface area contributed by atoms with Crippen LogP contribution in [0.25, 0.3) is 0 Å². The van der Waals surface area contributed by atoms with Gasteiger partial charge in [0, 0.05) is 24.7 Å². The lowest BCUT2D eigenvalue weighted by Crippen LogP contribution is -2.36. The summed E-state index contributed by atoms with van der Waals surface area (Å²) in [4.78, 5) is 34.5. The van der Waals surface area contributed by atoms with E-state index in [1.165, 1.54) is 11.3 Å². The molecule has 1 aliphatic heterocycles. The molecular weight excluding hydrogens is 356 g/mol. The van der Waals surface area contributed by atoms with Crippen LogP contribution in [0, 0.1) is 0 Å². The summed E-state index contributed by atoms with van der Waals surface area (Å²) in [6.45, 7) is 5.04. The summed E-state index contributed by atoms with van der Waals surface area (Å²) in [6, 6.07) is 3.56. The summed E-state index contributed by atoms with van der Waals surface area (Å²) < 4.78 is 10.2. The van der Waals surface area contributed by atoms with Gasteiger partial charge in [-0.3, -0.25) is 14.9 Å². The summed E-state index contributed by atoms with van der Waals surface area (Å²) in [5.41, 5.74) is 1.02. The Morgan fingerprint density at radius 2 is 2.15 bits per heavy atom. The number of carbonyl (C=O) groups excluding carboxylic acids is 2. The molecule has 1 saturated heterocycles. The Hall–Kier alpha value is -2.52. The molecule has 0 bridgehead atoms. The van der Waals surface area contributed by atoms with Gasteiger partial charge in [-0.1, -0.05) is 0 Å². The van der Waals surface area contributed by atoms with Crippen molar-refractivity contribution in [2.24, 2.45) is 0 Å². The average Bonchev–Trinajstić information content (AvgIpc) is 3.09. The fourth-order valence-corrected chi connectivity index (χ4v) is 3.18. The first-order chi connectivity index (χ1) is 12.7. The van der Waals surface area contributed by atoms with Crippen LogP contribution < -0.4 is 10.2 Å². The van der Waals surface area contributed by atoms with Gasteiger partial charge in [0.1, 0.15) is 5.82 Å². The molecule has 2 aromatic rings. The van der Waals surface area contributed by atoms with Gasteiger partial charge in [0.15, 0.2) is 5.13 Å². The Balaban J connectivity index is 1.57. The SMILES string of the molecule is CCOC(=O)Cc1csc(NC(=O)c2ccc(N3CCOCC3)nc2)n1. The maximum absolute atomic E-state index is 12.3. The number of rotatable bonds is 6. The third-order valence-electron chi connectivity index (χ3n) is 3.75. The molecule has 2 aromatic heterocycles. The van der Waals surface area contributed by atoms with Crippen LogP contribution in [0.3, 0.4) is 0 Å². The summed E-state index contributed by atoms with van der Waals surface area (Å²) in [7, 11) is 0. The van der Waals surface area contributed by atoms with Gasteiger partial charge < -0.3 is 14.4 Å². The van der Waals surface area contributed by atoms with Gasteiger partial charge in [-0.15, -0.1) is 11.3 Å². The van der Waals surface area contributed by atoms with Crippen molar-refractivity contribution in [3.8, 4) is 0 Å². The fourth-order valence-electron chi connectivity index (χ4n) is 2.47. The minimum atomic E-state index is -0.335. The predicted octanol–water partition coefficient (Wildman–Crippen LogP) is 1.73. The molecule has 3 rings (SSSR count). The number of anilines is 2. The molecule has 1 fully saturated rings. The molecule has 3 heterocycles. The van der Waals surface area contributed by atoms with Crippen molar-refractivity contribution < 1.29 is 19.1 Å². The highest BCUT2D eigenvalue weighted by Crippen LogP contribution is 2.18. The monoisotopic (exact) mass is 376 g/mol. The van der Waals surface area contributed by atoms with Crippen LogP contribution in [0.4, 0.5) is 10.9 Å². The first-order valence-electron chi connectivity index (χ1n) is 8.36. The smallest absolute Gasteiger partial charge is 0.311 e. The van der Waals surface area contributed by atoms with Gasteiger partial charge in [0.25, 0.3) is 5.91 Å². The Morgan fingerprint density at radius 1 is 1.35 bits per heavy atom. The number of amides is 1. The maximum atomic E-state index is 12.3. The first-order valence-corrected chi connectivity index (χ1v) is 9.24. The van der Waals surface area contributed by atoms with Crippen LogP contribution >= 0.6 is 11.3 Å². The minimum absolute atomic E-state index is 0.0933. The number of nitrogens with zero attached hydrogens (tertiary/aromatic N) is 3. The number of aromatic nitrogens is 2. The summed E-state index contributed by atoms with van der Waals surface area (Å²) in [5.74, 6) is 0.206. The number of thiazole rings is 1. The number of carbonyl (C=O) groups is 2. The van der Waals surface area contributed by atoms with Crippen molar-refractivity contribution in [1.29, 1.82) is 0 Å². The second-order valence-electron chi connectivity index (χ2n) is 5.58. The zero-order valence-electron chi connectivity index (χ0n) is 14.4. The van der Waals surface area contributed by atoms with Crippen LogP contribution in [0.5, 0.6) is 0 Å². The summed E-state index contributed by atoms with van der Waals surface area (Å²) in [6.07, 6.45) is 1.64. The van der Waals surface area contributed by atoms with E-state index in [-0.39, 0.29) is 18.3 Å². The van der Waals surface area contributed by atoms with Crippen LogP contribution in [0.15, 0.2) is 23.7 Å². The lowest BCUT2D eigenvalue weighted by molar-refractivity contribution is -0.142. The van der Waals surface area contributed by atoms with Crippen molar-refractivity contribution in [3.05, 3.63) is 35.0 Å². The molecule has 0 aliphatic carbocycles. The van der Waals surface area contributed by atoms with E-state index in [2.05, 4.69) is 20.2 Å². The highest BCUT2D eigenvalue weighted by molar-refractivity contribution is 7.14. The number of morpholine rings is 1. The predicted molar refractivity (Wildman–Crippen MR) is 97.7 cm³/mol. The summed E-state index contributed by atoms with van der Waals surface area (Å²) in [5, 5.41) is 4.89. The lowest BCUT2D eigenvalue weighted by atomic mass is 10.2. The molecule has 0 atom stereocenters. The van der Waals surface area contributed by atoms with E-state index in [1.807, 2.05) is 6.07 Å². The van der Waals surface area contributed by atoms with E-state index in [0.29, 0.717) is 36.2 Å². The Kier molecular flexibility index (Phi) is 6.13. The van der Waals surface area contributed by atoms with E-state index in [9.17, 15) is 9.59 Å². The second kappa shape index (κ2) is 8.72. The van der Waals surface area contributed by atoms with Gasteiger partial charge in [0.2, 0.25) is 0 Å². The zero-order valence-corrected chi connectivity index (χ0v) is 15.3. The van der Waals surface area contributed by atoms with Crippen LogP contribution in [0.1, 0.15) is 23.0 Å². The van der Waals surface area contributed by atoms with Crippen molar-refractivity contribution in [3.63, 3.8) is 0 Å². The average molecular weight is 376 g/mol. The number of ether oxygens (including phenoxy) is 2. The molecule has 1 N–H and O–H groups in total. The molecular formula is C17H20N4O4S. The van der Waals surface area contributed by atoms with Crippen molar-refractivity contribution >= 4 is 34.2 Å². The minimum Gasteiger partial charge on any atom is -0.466 e. The zero-order chi connectivity index (χ0) is 18.4. The van der Waals surface area contributed by atoms with E-state index in [1.54, 1.807) is 24.6 Å². The molecule has 138 valence electrons. The largest absolute Gasteiger partial charge is 0.466 e. The van der Waals surface area contributed by atoms with Crippen LogP contribution in [-0.4, -0.2) is 54.8 Å². The highest BCUT2D eigenvalue weighted by Gasteiger charge is 2.15. The number of esters is 1. The maximum Gasteiger partial charge on any atom is 0.311 e. The number of nitrogens with one attached hydrogen (secondary N) is 1. The van der Waals surface area contributed by atoms with Crippen LogP contribution in [0.2, 0.25) is 0 Å². The molecule has 9 heteroatoms. The Labute approximate surface area is 155 Å². The normalized spacial score (nSPS) is 14.1.